The van der Waals surface area contributed by atoms with Crippen molar-refractivity contribution < 1.29 is 14.3 Å². The number of rotatable bonds is 5. The van der Waals surface area contributed by atoms with Crippen LogP contribution in [-0.4, -0.2) is 22.0 Å². The van der Waals surface area contributed by atoms with Gasteiger partial charge in [0, 0.05) is 9.90 Å². The fourth-order valence-electron chi connectivity index (χ4n) is 2.56. The lowest BCUT2D eigenvalue weighted by molar-refractivity contribution is -0.156. The Kier molecular flexibility index (Phi) is 5.53. The topological polar surface area (TPSA) is 81.3 Å². The molecule has 27 heavy (non-hydrogen) atoms. The van der Waals surface area contributed by atoms with E-state index in [2.05, 4.69) is 9.97 Å². The summed E-state index contributed by atoms with van der Waals surface area (Å²) in [5.41, 5.74) is 0.690. The third-order valence-electron chi connectivity index (χ3n) is 4.19. The lowest BCUT2D eigenvalue weighted by atomic mass is 10.2. The van der Waals surface area contributed by atoms with Crippen molar-refractivity contribution in [3.63, 3.8) is 0 Å². The number of halogens is 1. The number of H-pyrrole nitrogens is 1. The number of carbonyl (C=O) groups excluding carboxylic acids is 1. The Balaban J connectivity index is 1.73. The van der Waals surface area contributed by atoms with E-state index in [-0.39, 0.29) is 5.56 Å². The Morgan fingerprint density at radius 1 is 1.22 bits per heavy atom. The number of thiophene rings is 1. The van der Waals surface area contributed by atoms with Gasteiger partial charge < -0.3 is 14.5 Å². The van der Waals surface area contributed by atoms with Crippen LogP contribution >= 0.6 is 22.9 Å². The average Bonchev–Trinajstić information content (AvgIpc) is 2.91. The molecule has 1 aromatic carbocycles. The van der Waals surface area contributed by atoms with E-state index in [9.17, 15) is 9.59 Å². The van der Waals surface area contributed by atoms with Crippen LogP contribution in [0, 0.1) is 13.8 Å². The van der Waals surface area contributed by atoms with E-state index in [1.807, 2.05) is 13.8 Å². The number of ether oxygens (including phenoxy) is 2. The fraction of sp³-hybridized carbons (Fsp3) is 0.316. The van der Waals surface area contributed by atoms with Gasteiger partial charge in [-0.25, -0.2) is 9.78 Å². The van der Waals surface area contributed by atoms with Crippen LogP contribution in [0.15, 0.2) is 29.1 Å². The summed E-state index contributed by atoms with van der Waals surface area (Å²) >= 11 is 7.28. The van der Waals surface area contributed by atoms with Gasteiger partial charge in [-0.1, -0.05) is 11.6 Å². The largest absolute Gasteiger partial charge is 0.479 e. The minimum Gasteiger partial charge on any atom is -0.479 e. The van der Waals surface area contributed by atoms with E-state index in [1.165, 1.54) is 11.3 Å². The molecule has 0 spiro atoms. The molecular formula is C19H19ClN2O4S. The molecule has 0 radical (unpaired) electrons. The number of hydrogen-bond acceptors (Lipinski definition) is 6. The maximum atomic E-state index is 12.4. The highest BCUT2D eigenvalue weighted by Crippen LogP contribution is 2.27. The summed E-state index contributed by atoms with van der Waals surface area (Å²) in [4.78, 5) is 33.5. The lowest BCUT2D eigenvalue weighted by Gasteiger charge is -2.17. The number of nitrogens with one attached hydrogen (secondary N) is 1. The van der Waals surface area contributed by atoms with Gasteiger partial charge in [0.05, 0.1) is 5.39 Å². The number of aromatic amines is 1. The van der Waals surface area contributed by atoms with Gasteiger partial charge in [-0.2, -0.15) is 0 Å². The Labute approximate surface area is 165 Å². The molecule has 2 atom stereocenters. The fourth-order valence-corrected chi connectivity index (χ4v) is 3.72. The predicted octanol–water partition coefficient (Wildman–Crippen LogP) is 4.33. The molecule has 2 heterocycles. The van der Waals surface area contributed by atoms with Crippen LogP contribution < -0.4 is 10.3 Å². The van der Waals surface area contributed by atoms with Crippen LogP contribution in [0.4, 0.5) is 0 Å². The van der Waals surface area contributed by atoms with Crippen molar-refractivity contribution in [1.82, 2.24) is 9.97 Å². The molecule has 8 heteroatoms. The SMILES string of the molecule is Cc1sc2nc([C@H](C)OC(=O)[C@@H](C)Oc3ccc(Cl)cc3)[nH]c(=O)c2c1C. The second-order valence-electron chi connectivity index (χ2n) is 6.21. The molecule has 142 valence electrons. The number of aromatic nitrogens is 2. The normalized spacial score (nSPS) is 13.4. The van der Waals surface area contributed by atoms with Gasteiger partial charge in [0.15, 0.2) is 18.0 Å². The molecule has 0 bridgehead atoms. The Morgan fingerprint density at radius 3 is 2.56 bits per heavy atom. The van der Waals surface area contributed by atoms with Gasteiger partial charge in [-0.15, -0.1) is 11.3 Å². The highest BCUT2D eigenvalue weighted by Gasteiger charge is 2.22. The van der Waals surface area contributed by atoms with Gasteiger partial charge in [0.2, 0.25) is 0 Å². The molecule has 0 unspecified atom stereocenters. The predicted molar refractivity (Wildman–Crippen MR) is 106 cm³/mol. The molecule has 0 saturated carbocycles. The van der Waals surface area contributed by atoms with E-state index < -0.39 is 18.2 Å². The molecule has 3 aromatic rings. The summed E-state index contributed by atoms with van der Waals surface area (Å²) in [7, 11) is 0. The number of carbonyl (C=O) groups is 1. The molecule has 0 fully saturated rings. The van der Waals surface area contributed by atoms with Gasteiger partial charge in [-0.05, 0) is 57.5 Å². The molecule has 2 aromatic heterocycles. The quantitative estimate of drug-likeness (QED) is 0.638. The van der Waals surface area contributed by atoms with Crippen LogP contribution in [0.2, 0.25) is 5.02 Å². The van der Waals surface area contributed by atoms with Crippen LogP contribution in [-0.2, 0) is 9.53 Å². The first-order chi connectivity index (χ1) is 12.8. The van der Waals surface area contributed by atoms with E-state index in [4.69, 9.17) is 21.1 Å². The zero-order valence-electron chi connectivity index (χ0n) is 15.3. The molecule has 3 rings (SSSR count). The number of benzene rings is 1. The van der Waals surface area contributed by atoms with Crippen LogP contribution in [0.1, 0.15) is 36.2 Å². The number of nitrogens with zero attached hydrogens (tertiary/aromatic N) is 1. The Bertz CT molecular complexity index is 1040. The first kappa shape index (κ1) is 19.4. The summed E-state index contributed by atoms with van der Waals surface area (Å²) in [6, 6.07) is 6.69. The smallest absolute Gasteiger partial charge is 0.347 e. The number of hydrogen-bond donors (Lipinski definition) is 1. The standard InChI is InChI=1S/C19H19ClN2O4S/c1-9-12(4)27-18-15(9)17(23)21-16(22-18)10(2)26-19(24)11(3)25-14-7-5-13(20)6-8-14/h5-8,10-11H,1-4H3,(H,21,22,23)/t10-,11+/m0/s1. The Morgan fingerprint density at radius 2 is 1.89 bits per heavy atom. The van der Waals surface area contributed by atoms with Crippen molar-refractivity contribution in [2.45, 2.75) is 39.9 Å². The summed E-state index contributed by atoms with van der Waals surface area (Å²) in [6.45, 7) is 7.09. The minimum absolute atomic E-state index is 0.231. The molecular weight excluding hydrogens is 388 g/mol. The van der Waals surface area contributed by atoms with Crippen molar-refractivity contribution in [3.05, 3.63) is 55.9 Å². The van der Waals surface area contributed by atoms with Crippen molar-refractivity contribution in [1.29, 1.82) is 0 Å². The monoisotopic (exact) mass is 406 g/mol. The highest BCUT2D eigenvalue weighted by molar-refractivity contribution is 7.18. The zero-order valence-corrected chi connectivity index (χ0v) is 16.9. The van der Waals surface area contributed by atoms with Gasteiger partial charge in [0.25, 0.3) is 5.56 Å². The second-order valence-corrected chi connectivity index (χ2v) is 7.85. The Hall–Kier alpha value is -2.38. The lowest BCUT2D eigenvalue weighted by Crippen LogP contribution is -2.28. The summed E-state index contributed by atoms with van der Waals surface area (Å²) < 4.78 is 11.0. The summed E-state index contributed by atoms with van der Waals surface area (Å²) in [5, 5.41) is 1.16. The molecule has 0 aliphatic carbocycles. The number of esters is 1. The van der Waals surface area contributed by atoms with E-state index >= 15 is 0 Å². The molecule has 0 amide bonds. The first-order valence-corrected chi connectivity index (χ1v) is 9.58. The highest BCUT2D eigenvalue weighted by atomic mass is 35.5. The van der Waals surface area contributed by atoms with Crippen LogP contribution in [0.25, 0.3) is 10.2 Å². The molecule has 0 saturated heterocycles. The van der Waals surface area contributed by atoms with Crippen LogP contribution in [0.3, 0.4) is 0 Å². The third kappa shape index (κ3) is 4.14. The van der Waals surface area contributed by atoms with Gasteiger partial charge in [0.1, 0.15) is 10.6 Å². The molecule has 0 aliphatic rings. The van der Waals surface area contributed by atoms with Crippen molar-refractivity contribution in [3.8, 4) is 5.75 Å². The number of aryl methyl sites for hydroxylation is 2. The first-order valence-electron chi connectivity index (χ1n) is 8.39. The van der Waals surface area contributed by atoms with E-state index in [1.54, 1.807) is 38.1 Å². The minimum atomic E-state index is -0.824. The molecule has 0 aliphatic heterocycles. The van der Waals surface area contributed by atoms with Gasteiger partial charge >= 0.3 is 5.97 Å². The van der Waals surface area contributed by atoms with Crippen LogP contribution in [0.5, 0.6) is 5.75 Å². The zero-order chi connectivity index (χ0) is 19.7. The average molecular weight is 407 g/mol. The maximum absolute atomic E-state index is 12.4. The van der Waals surface area contributed by atoms with E-state index in [0.717, 1.165) is 10.4 Å². The van der Waals surface area contributed by atoms with Crippen molar-refractivity contribution >= 4 is 39.1 Å². The van der Waals surface area contributed by atoms with Crippen molar-refractivity contribution in [2.24, 2.45) is 0 Å². The summed E-state index contributed by atoms with van der Waals surface area (Å²) in [6.07, 6.45) is -1.54. The van der Waals surface area contributed by atoms with Gasteiger partial charge in [-0.3, -0.25) is 4.79 Å². The van der Waals surface area contributed by atoms with E-state index in [0.29, 0.717) is 26.8 Å². The number of fused-ring (bicyclic) bond motifs is 1. The summed E-state index contributed by atoms with van der Waals surface area (Å²) in [5.74, 6) is 0.258. The van der Waals surface area contributed by atoms with Crippen molar-refractivity contribution in [2.75, 3.05) is 0 Å². The molecule has 6 nitrogen and oxygen atoms in total. The maximum Gasteiger partial charge on any atom is 0.347 e. The third-order valence-corrected chi connectivity index (χ3v) is 5.55. The second kappa shape index (κ2) is 7.70. The molecule has 1 N–H and O–H groups in total.